The summed E-state index contributed by atoms with van der Waals surface area (Å²) < 4.78 is 45.5. The van der Waals surface area contributed by atoms with Crippen LogP contribution in [0.15, 0.2) is 36.7 Å². The third-order valence-electron chi connectivity index (χ3n) is 7.17. The SMILES string of the molecule is O=C(NC1CCC(CO)CC1)c1cnn2ccc(N3CCC[C@@H]3c3cc(F)ccc3F)c(F)c12. The number of halogens is 3. The zero-order valence-electron chi connectivity index (χ0n) is 18.7. The monoisotopic (exact) mass is 472 g/mol. The molecule has 0 unspecified atom stereocenters. The lowest BCUT2D eigenvalue weighted by Gasteiger charge is -2.28. The number of hydrogen-bond acceptors (Lipinski definition) is 4. The quantitative estimate of drug-likeness (QED) is 0.579. The number of hydrogen-bond donors (Lipinski definition) is 2. The second-order valence-electron chi connectivity index (χ2n) is 9.26. The molecule has 1 saturated carbocycles. The number of pyridine rings is 1. The van der Waals surface area contributed by atoms with Crippen LogP contribution in [0.1, 0.15) is 60.5 Å². The van der Waals surface area contributed by atoms with Crippen molar-refractivity contribution in [3.05, 3.63) is 65.2 Å². The molecule has 0 bridgehead atoms. The first kappa shape index (κ1) is 22.7. The Morgan fingerprint density at radius 2 is 1.91 bits per heavy atom. The molecule has 1 atom stereocenters. The van der Waals surface area contributed by atoms with Crippen LogP contribution in [0, 0.1) is 23.4 Å². The Bertz CT molecular complexity index is 1210. The number of carbonyl (C=O) groups excluding carboxylic acids is 1. The summed E-state index contributed by atoms with van der Waals surface area (Å²) in [5.74, 6) is -1.81. The van der Waals surface area contributed by atoms with E-state index in [-0.39, 0.29) is 40.9 Å². The van der Waals surface area contributed by atoms with Crippen LogP contribution >= 0.6 is 0 Å². The Morgan fingerprint density at radius 1 is 1.12 bits per heavy atom. The Morgan fingerprint density at radius 3 is 2.68 bits per heavy atom. The molecule has 3 aromatic rings. The summed E-state index contributed by atoms with van der Waals surface area (Å²) >= 11 is 0. The highest BCUT2D eigenvalue weighted by Crippen LogP contribution is 2.39. The van der Waals surface area contributed by atoms with Crippen molar-refractivity contribution >= 4 is 17.1 Å². The number of nitrogens with zero attached hydrogens (tertiary/aromatic N) is 3. The molecular weight excluding hydrogens is 445 g/mol. The Labute approximate surface area is 195 Å². The molecular formula is C25H27F3N4O2. The van der Waals surface area contributed by atoms with E-state index in [0.29, 0.717) is 19.4 Å². The van der Waals surface area contributed by atoms with Gasteiger partial charge in [-0.3, -0.25) is 4.79 Å². The van der Waals surface area contributed by atoms with Crippen molar-refractivity contribution in [3.8, 4) is 0 Å². The lowest BCUT2D eigenvalue weighted by atomic mass is 9.86. The van der Waals surface area contributed by atoms with Crippen LogP contribution in [-0.2, 0) is 0 Å². The highest BCUT2D eigenvalue weighted by molar-refractivity contribution is 6.01. The van der Waals surface area contributed by atoms with Gasteiger partial charge in [-0.25, -0.2) is 17.7 Å². The van der Waals surface area contributed by atoms with Gasteiger partial charge in [0, 0.05) is 31.0 Å². The molecule has 0 radical (unpaired) electrons. The molecule has 0 spiro atoms. The number of nitrogens with one attached hydrogen (secondary N) is 1. The number of rotatable bonds is 5. The second kappa shape index (κ2) is 9.29. The molecule has 1 aliphatic carbocycles. The van der Waals surface area contributed by atoms with Gasteiger partial charge in [0.2, 0.25) is 0 Å². The molecule has 1 aliphatic heterocycles. The van der Waals surface area contributed by atoms with Gasteiger partial charge in [-0.1, -0.05) is 0 Å². The van der Waals surface area contributed by atoms with E-state index in [9.17, 15) is 18.7 Å². The zero-order chi connectivity index (χ0) is 23.8. The molecule has 1 aromatic carbocycles. The van der Waals surface area contributed by atoms with Crippen LogP contribution in [0.25, 0.3) is 5.52 Å². The maximum atomic E-state index is 15.8. The van der Waals surface area contributed by atoms with Crippen LogP contribution in [-0.4, -0.2) is 39.8 Å². The average Bonchev–Trinajstić information content (AvgIpc) is 3.49. The summed E-state index contributed by atoms with van der Waals surface area (Å²) in [5, 5.41) is 16.4. The van der Waals surface area contributed by atoms with Crippen molar-refractivity contribution in [2.45, 2.75) is 50.6 Å². The molecule has 2 aromatic heterocycles. The topological polar surface area (TPSA) is 69.9 Å². The lowest BCUT2D eigenvalue weighted by Crippen LogP contribution is -2.38. The van der Waals surface area contributed by atoms with E-state index >= 15 is 4.39 Å². The number of carbonyl (C=O) groups is 1. The summed E-state index contributed by atoms with van der Waals surface area (Å²) in [6.45, 7) is 0.636. The number of aromatic nitrogens is 2. The van der Waals surface area contributed by atoms with Gasteiger partial charge in [0.05, 0.1) is 23.5 Å². The van der Waals surface area contributed by atoms with Crippen LogP contribution in [0.2, 0.25) is 0 Å². The van der Waals surface area contributed by atoms with Crippen molar-refractivity contribution in [2.24, 2.45) is 5.92 Å². The van der Waals surface area contributed by atoms with Crippen molar-refractivity contribution < 1.29 is 23.1 Å². The molecule has 34 heavy (non-hydrogen) atoms. The Hall–Kier alpha value is -3.07. The number of fused-ring (bicyclic) bond motifs is 1. The smallest absolute Gasteiger partial charge is 0.255 e. The lowest BCUT2D eigenvalue weighted by molar-refractivity contribution is 0.0915. The molecule has 5 rings (SSSR count). The Balaban J connectivity index is 1.44. The highest BCUT2D eigenvalue weighted by Gasteiger charge is 2.32. The van der Waals surface area contributed by atoms with E-state index in [1.54, 1.807) is 17.2 Å². The van der Waals surface area contributed by atoms with E-state index < -0.39 is 29.4 Å². The average molecular weight is 473 g/mol. The minimum absolute atomic E-state index is 0.0320. The molecule has 3 heterocycles. The van der Waals surface area contributed by atoms with Gasteiger partial charge in [-0.15, -0.1) is 0 Å². The molecule has 2 aliphatic rings. The van der Waals surface area contributed by atoms with E-state index in [1.165, 1.54) is 10.7 Å². The first-order chi connectivity index (χ1) is 16.5. The standard InChI is InChI=1S/C25H27F3N4O2/c26-16-5-8-20(27)18(12-16)21-2-1-10-31(21)22-9-11-32-24(23(22)28)19(13-29-32)25(34)30-17-6-3-15(14-33)4-7-17/h5,8-9,11-13,15,17,21,33H,1-4,6-7,10,14H2,(H,30,34)/t15?,17?,21-/m1/s1. The predicted molar refractivity (Wildman–Crippen MR) is 121 cm³/mol. The van der Waals surface area contributed by atoms with Crippen molar-refractivity contribution in [2.75, 3.05) is 18.1 Å². The summed E-state index contributed by atoms with van der Waals surface area (Å²) in [5.41, 5.74) is 0.624. The van der Waals surface area contributed by atoms with E-state index in [0.717, 1.165) is 43.9 Å². The van der Waals surface area contributed by atoms with Gasteiger partial charge in [0.1, 0.15) is 17.2 Å². The van der Waals surface area contributed by atoms with Crippen LogP contribution < -0.4 is 10.2 Å². The Kier molecular flexibility index (Phi) is 6.20. The fourth-order valence-electron chi connectivity index (χ4n) is 5.32. The maximum absolute atomic E-state index is 15.8. The first-order valence-corrected chi connectivity index (χ1v) is 11.8. The van der Waals surface area contributed by atoms with Gasteiger partial charge in [-0.05, 0) is 68.7 Å². The summed E-state index contributed by atoms with van der Waals surface area (Å²) in [4.78, 5) is 14.7. The van der Waals surface area contributed by atoms with Gasteiger partial charge >= 0.3 is 0 Å². The molecule has 2 N–H and O–H groups in total. The first-order valence-electron chi connectivity index (χ1n) is 11.8. The van der Waals surface area contributed by atoms with Crippen molar-refractivity contribution in [1.29, 1.82) is 0 Å². The number of aliphatic hydroxyl groups excluding tert-OH is 1. The minimum Gasteiger partial charge on any atom is -0.396 e. The molecule has 1 saturated heterocycles. The van der Waals surface area contributed by atoms with Crippen molar-refractivity contribution in [1.82, 2.24) is 14.9 Å². The van der Waals surface area contributed by atoms with Crippen LogP contribution in [0.5, 0.6) is 0 Å². The van der Waals surface area contributed by atoms with E-state index in [4.69, 9.17) is 0 Å². The van der Waals surface area contributed by atoms with Gasteiger partial charge in [-0.2, -0.15) is 5.10 Å². The largest absolute Gasteiger partial charge is 0.396 e. The van der Waals surface area contributed by atoms with Gasteiger partial charge in [0.15, 0.2) is 5.82 Å². The number of amides is 1. The second-order valence-corrected chi connectivity index (χ2v) is 9.26. The predicted octanol–water partition coefficient (Wildman–Crippen LogP) is 4.37. The number of aliphatic hydroxyl groups is 1. The normalized spacial score (nSPS) is 22.9. The maximum Gasteiger partial charge on any atom is 0.255 e. The summed E-state index contributed by atoms with van der Waals surface area (Å²) in [6, 6.07) is 4.34. The molecule has 2 fully saturated rings. The van der Waals surface area contributed by atoms with Crippen molar-refractivity contribution in [3.63, 3.8) is 0 Å². The molecule has 6 nitrogen and oxygen atoms in total. The highest BCUT2D eigenvalue weighted by atomic mass is 19.1. The summed E-state index contributed by atoms with van der Waals surface area (Å²) in [6.07, 6.45) is 7.39. The fraction of sp³-hybridized carbons (Fsp3) is 0.440. The van der Waals surface area contributed by atoms with Gasteiger partial charge in [0.25, 0.3) is 5.91 Å². The van der Waals surface area contributed by atoms with Crippen LogP contribution in [0.3, 0.4) is 0 Å². The third-order valence-corrected chi connectivity index (χ3v) is 7.17. The zero-order valence-corrected chi connectivity index (χ0v) is 18.7. The van der Waals surface area contributed by atoms with E-state index in [2.05, 4.69) is 10.4 Å². The van der Waals surface area contributed by atoms with Gasteiger partial charge < -0.3 is 15.3 Å². The van der Waals surface area contributed by atoms with Crippen LogP contribution in [0.4, 0.5) is 18.9 Å². The molecule has 180 valence electrons. The van der Waals surface area contributed by atoms with E-state index in [1.807, 2.05) is 0 Å². The summed E-state index contributed by atoms with van der Waals surface area (Å²) in [7, 11) is 0. The number of anilines is 1. The minimum atomic E-state index is -0.613. The number of benzene rings is 1. The fourth-order valence-corrected chi connectivity index (χ4v) is 5.32. The third kappa shape index (κ3) is 4.13. The molecule has 9 heteroatoms. The molecule has 1 amide bonds.